The van der Waals surface area contributed by atoms with Gasteiger partial charge in [-0.25, -0.2) is 8.60 Å². The molecule has 2 unspecified atom stereocenters. The van der Waals surface area contributed by atoms with E-state index in [0.717, 1.165) is 11.8 Å². The van der Waals surface area contributed by atoms with E-state index in [1.54, 1.807) is 49.4 Å². The van der Waals surface area contributed by atoms with Crippen LogP contribution in [0.1, 0.15) is 18.2 Å². The minimum absolute atomic E-state index is 0.238. The molecule has 182 valence electrons. The molecule has 0 fully saturated rings. The van der Waals surface area contributed by atoms with Crippen LogP contribution in [0, 0.1) is 12.7 Å². The molecule has 0 radical (unpaired) electrons. The van der Waals surface area contributed by atoms with E-state index in [0.29, 0.717) is 40.7 Å². The number of pyridine rings is 2. The maximum atomic E-state index is 13.2. The second kappa shape index (κ2) is 10.6. The van der Waals surface area contributed by atoms with E-state index in [1.807, 2.05) is 26.0 Å². The molecule has 0 amide bonds. The number of para-hydroxylation sites is 1. The SMILES string of the molecule is COc1cccc(OC)c1-n1c(NS(=O)C(C)Cc2ccc(F)cn2)nnc1-c1cncc(C)c1. The molecule has 0 saturated heterocycles. The number of aromatic nitrogens is 5. The summed E-state index contributed by atoms with van der Waals surface area (Å²) in [5.74, 6) is 1.32. The molecule has 1 N–H and O–H groups in total. The van der Waals surface area contributed by atoms with Gasteiger partial charge in [-0.05, 0) is 49.7 Å². The van der Waals surface area contributed by atoms with Crippen LogP contribution in [0.5, 0.6) is 11.5 Å². The number of halogens is 1. The summed E-state index contributed by atoms with van der Waals surface area (Å²) < 4.78 is 42.3. The van der Waals surface area contributed by atoms with E-state index in [9.17, 15) is 8.60 Å². The topological polar surface area (TPSA) is 104 Å². The molecular formula is C24H25FN6O3S. The Morgan fingerprint density at radius 1 is 1.09 bits per heavy atom. The second-order valence-electron chi connectivity index (χ2n) is 7.83. The van der Waals surface area contributed by atoms with E-state index >= 15 is 0 Å². The van der Waals surface area contributed by atoms with Crippen LogP contribution in [0.15, 0.2) is 55.0 Å². The largest absolute Gasteiger partial charge is 0.494 e. The minimum Gasteiger partial charge on any atom is -0.494 e. The van der Waals surface area contributed by atoms with Crippen molar-refractivity contribution in [1.29, 1.82) is 0 Å². The van der Waals surface area contributed by atoms with E-state index in [1.165, 1.54) is 6.07 Å². The van der Waals surface area contributed by atoms with Crippen molar-refractivity contribution in [2.24, 2.45) is 0 Å². The zero-order valence-electron chi connectivity index (χ0n) is 19.7. The Morgan fingerprint density at radius 3 is 2.46 bits per heavy atom. The van der Waals surface area contributed by atoms with Crippen LogP contribution in [-0.2, 0) is 17.4 Å². The van der Waals surface area contributed by atoms with Gasteiger partial charge in [-0.3, -0.25) is 19.3 Å². The van der Waals surface area contributed by atoms with Gasteiger partial charge >= 0.3 is 0 Å². The van der Waals surface area contributed by atoms with Crippen molar-refractivity contribution in [2.45, 2.75) is 25.5 Å². The summed E-state index contributed by atoms with van der Waals surface area (Å²) in [4.78, 5) is 8.33. The van der Waals surface area contributed by atoms with Crippen LogP contribution < -0.4 is 14.2 Å². The molecule has 3 aromatic heterocycles. The van der Waals surface area contributed by atoms with Gasteiger partial charge in [-0.1, -0.05) is 6.07 Å². The van der Waals surface area contributed by atoms with E-state index < -0.39 is 16.8 Å². The van der Waals surface area contributed by atoms with Crippen LogP contribution in [0.2, 0.25) is 0 Å². The number of anilines is 1. The smallest absolute Gasteiger partial charge is 0.241 e. The number of hydrogen-bond acceptors (Lipinski definition) is 7. The second-order valence-corrected chi connectivity index (χ2v) is 9.43. The van der Waals surface area contributed by atoms with Crippen LogP contribution >= 0.6 is 0 Å². The van der Waals surface area contributed by atoms with Gasteiger partial charge in [0.05, 0.1) is 25.7 Å². The van der Waals surface area contributed by atoms with Crippen LogP contribution in [-0.4, -0.2) is 48.4 Å². The zero-order chi connectivity index (χ0) is 24.9. The average Bonchev–Trinajstić information content (AvgIpc) is 3.27. The van der Waals surface area contributed by atoms with Crippen molar-refractivity contribution in [2.75, 3.05) is 18.9 Å². The Labute approximate surface area is 205 Å². The molecule has 0 saturated carbocycles. The summed E-state index contributed by atoms with van der Waals surface area (Å²) in [5.41, 5.74) is 2.84. The van der Waals surface area contributed by atoms with E-state index in [4.69, 9.17) is 9.47 Å². The van der Waals surface area contributed by atoms with Crippen LogP contribution in [0.4, 0.5) is 10.3 Å². The molecule has 0 spiro atoms. The van der Waals surface area contributed by atoms with Crippen molar-refractivity contribution in [3.05, 3.63) is 72.1 Å². The summed E-state index contributed by atoms with van der Waals surface area (Å²) in [7, 11) is 1.54. The predicted molar refractivity (Wildman–Crippen MR) is 132 cm³/mol. The fourth-order valence-electron chi connectivity index (χ4n) is 3.57. The molecule has 3 heterocycles. The Kier molecular flexibility index (Phi) is 7.35. The molecule has 0 bridgehead atoms. The van der Waals surface area contributed by atoms with Crippen molar-refractivity contribution in [3.8, 4) is 28.6 Å². The quantitative estimate of drug-likeness (QED) is 0.375. The standard InChI is InChI=1S/C24H25FN6O3S/c1-15-10-17(13-26-12-15)23-28-29-24(31(23)22-20(33-3)6-5-7-21(22)34-4)30-35(32)16(2)11-19-9-8-18(25)14-27-19/h5-10,12-14,16H,11H2,1-4H3,(H,29,30). The minimum atomic E-state index is -1.57. The third kappa shape index (κ3) is 5.29. The number of nitrogens with one attached hydrogen (secondary N) is 1. The van der Waals surface area contributed by atoms with Crippen molar-refractivity contribution < 1.29 is 18.1 Å². The molecule has 0 aliphatic carbocycles. The van der Waals surface area contributed by atoms with Gasteiger partial charge in [0.1, 0.15) is 34.0 Å². The number of hydrogen-bond donors (Lipinski definition) is 1. The summed E-state index contributed by atoms with van der Waals surface area (Å²) in [5, 5.41) is 8.31. The van der Waals surface area contributed by atoms with Gasteiger partial charge < -0.3 is 9.47 Å². The Morgan fingerprint density at radius 2 is 1.83 bits per heavy atom. The third-order valence-corrected chi connectivity index (χ3v) is 6.55. The molecule has 1 aromatic carbocycles. The highest BCUT2D eigenvalue weighted by atomic mass is 32.2. The van der Waals surface area contributed by atoms with Crippen LogP contribution in [0.25, 0.3) is 17.1 Å². The molecule has 11 heteroatoms. The molecule has 0 aliphatic heterocycles. The fourth-order valence-corrected chi connectivity index (χ4v) is 4.40. The third-order valence-electron chi connectivity index (χ3n) is 5.26. The highest BCUT2D eigenvalue weighted by Gasteiger charge is 2.24. The number of rotatable bonds is 9. The van der Waals surface area contributed by atoms with E-state index in [2.05, 4.69) is 24.9 Å². The predicted octanol–water partition coefficient (Wildman–Crippen LogP) is 3.90. The van der Waals surface area contributed by atoms with E-state index in [-0.39, 0.29) is 11.2 Å². The molecule has 4 aromatic rings. The van der Waals surface area contributed by atoms with Crippen molar-refractivity contribution in [1.82, 2.24) is 24.7 Å². The Hall–Kier alpha value is -3.86. The number of nitrogens with zero attached hydrogens (tertiary/aromatic N) is 5. The molecule has 35 heavy (non-hydrogen) atoms. The zero-order valence-corrected chi connectivity index (χ0v) is 20.5. The summed E-state index contributed by atoms with van der Waals surface area (Å²) >= 11 is 0. The summed E-state index contributed by atoms with van der Waals surface area (Å²) in [6.07, 6.45) is 4.94. The highest BCUT2D eigenvalue weighted by molar-refractivity contribution is 7.86. The molecule has 4 rings (SSSR count). The lowest BCUT2D eigenvalue weighted by Gasteiger charge is -2.18. The number of methoxy groups -OCH3 is 2. The summed E-state index contributed by atoms with van der Waals surface area (Å²) in [6.45, 7) is 3.74. The first kappa shape index (κ1) is 24.3. The van der Waals surface area contributed by atoms with Crippen LogP contribution in [0.3, 0.4) is 0 Å². The highest BCUT2D eigenvalue weighted by Crippen LogP contribution is 2.37. The van der Waals surface area contributed by atoms with Gasteiger partial charge in [-0.15, -0.1) is 10.2 Å². The molecule has 0 aliphatic rings. The first-order chi connectivity index (χ1) is 16.9. The Balaban J connectivity index is 1.76. The number of ether oxygens (including phenoxy) is 2. The lowest BCUT2D eigenvalue weighted by molar-refractivity contribution is 0.391. The lowest BCUT2D eigenvalue weighted by atomic mass is 10.2. The van der Waals surface area contributed by atoms with Crippen molar-refractivity contribution >= 4 is 16.9 Å². The summed E-state index contributed by atoms with van der Waals surface area (Å²) in [6, 6.07) is 10.2. The molecular weight excluding hydrogens is 471 g/mol. The Bertz CT molecular complexity index is 1320. The van der Waals surface area contributed by atoms with Gasteiger partial charge in [0.2, 0.25) is 5.95 Å². The monoisotopic (exact) mass is 496 g/mol. The van der Waals surface area contributed by atoms with Gasteiger partial charge in [0.25, 0.3) is 0 Å². The maximum Gasteiger partial charge on any atom is 0.241 e. The number of benzene rings is 1. The normalized spacial score (nSPS) is 12.7. The lowest BCUT2D eigenvalue weighted by Crippen LogP contribution is -2.23. The maximum absolute atomic E-state index is 13.2. The molecule has 2 atom stereocenters. The average molecular weight is 497 g/mol. The number of aryl methyl sites for hydroxylation is 1. The first-order valence-electron chi connectivity index (χ1n) is 10.8. The van der Waals surface area contributed by atoms with Crippen molar-refractivity contribution in [3.63, 3.8) is 0 Å². The van der Waals surface area contributed by atoms with Gasteiger partial charge in [0.15, 0.2) is 5.82 Å². The van der Waals surface area contributed by atoms with Gasteiger partial charge in [0, 0.05) is 30.1 Å². The first-order valence-corrected chi connectivity index (χ1v) is 12.0. The fraction of sp³-hybridized carbons (Fsp3) is 0.250. The van der Waals surface area contributed by atoms with Gasteiger partial charge in [-0.2, -0.15) is 0 Å². The molecule has 9 nitrogen and oxygen atoms in total.